The van der Waals surface area contributed by atoms with E-state index in [0.29, 0.717) is 6.61 Å². The Bertz CT molecular complexity index is 297. The molecule has 0 atom stereocenters. The van der Waals surface area contributed by atoms with Gasteiger partial charge in [-0.25, -0.2) is 5.48 Å². The van der Waals surface area contributed by atoms with Crippen molar-refractivity contribution in [1.82, 2.24) is 5.48 Å². The maximum atomic E-state index is 5.19. The Morgan fingerprint density at radius 2 is 2.14 bits per heavy atom. The van der Waals surface area contributed by atoms with Crippen LogP contribution in [0, 0.1) is 0 Å². The smallest absolute Gasteiger partial charge is 0.126 e. The molecule has 3 heteroatoms. The third-order valence-electron chi connectivity index (χ3n) is 1.76. The van der Waals surface area contributed by atoms with Crippen molar-refractivity contribution in [3.8, 4) is 5.75 Å². The molecule has 3 nitrogen and oxygen atoms in total. The van der Waals surface area contributed by atoms with Gasteiger partial charge in [-0.15, -0.1) is 0 Å². The Morgan fingerprint density at radius 3 is 2.86 bits per heavy atom. The Labute approximate surface area is 84.3 Å². The number of rotatable bonds is 5. The zero-order chi connectivity index (χ0) is 10.2. The Kier molecular flexibility index (Phi) is 4.75. The highest BCUT2D eigenvalue weighted by molar-refractivity contribution is 5.57. The predicted octanol–water partition coefficient (Wildman–Crippen LogP) is 1.86. The maximum absolute atomic E-state index is 5.19. The van der Waals surface area contributed by atoms with E-state index in [9.17, 15) is 0 Å². The van der Waals surface area contributed by atoms with Crippen LogP contribution < -0.4 is 10.2 Å². The molecule has 14 heavy (non-hydrogen) atoms. The van der Waals surface area contributed by atoms with Crippen molar-refractivity contribution in [1.29, 1.82) is 0 Å². The van der Waals surface area contributed by atoms with Crippen molar-refractivity contribution in [2.24, 2.45) is 0 Å². The number of hydrogen-bond acceptors (Lipinski definition) is 3. The first-order valence-corrected chi connectivity index (χ1v) is 4.46. The van der Waals surface area contributed by atoms with E-state index < -0.39 is 0 Å². The van der Waals surface area contributed by atoms with Gasteiger partial charge < -0.3 is 4.74 Å². The summed E-state index contributed by atoms with van der Waals surface area (Å²) in [6, 6.07) is 7.84. The molecule has 0 fully saturated rings. The molecule has 0 saturated carbocycles. The molecule has 1 N–H and O–H groups in total. The van der Waals surface area contributed by atoms with Crippen LogP contribution >= 0.6 is 0 Å². The second-order valence-corrected chi connectivity index (χ2v) is 2.66. The first-order chi connectivity index (χ1) is 6.88. The van der Waals surface area contributed by atoms with Gasteiger partial charge in [0.15, 0.2) is 0 Å². The standard InChI is InChI=1S/C11H15NO2/c1-12-14-9-5-7-10-6-3-4-8-11(10)13-2/h3-8,12H,9H2,1-2H3/b7-5+. The molecule has 0 saturated heterocycles. The summed E-state index contributed by atoms with van der Waals surface area (Å²) in [6.07, 6.45) is 3.89. The van der Waals surface area contributed by atoms with E-state index in [0.717, 1.165) is 11.3 Å². The molecule has 0 heterocycles. The highest BCUT2D eigenvalue weighted by atomic mass is 16.6. The number of para-hydroxylation sites is 1. The van der Waals surface area contributed by atoms with E-state index in [4.69, 9.17) is 9.57 Å². The van der Waals surface area contributed by atoms with Crippen LogP contribution in [0.5, 0.6) is 5.75 Å². The van der Waals surface area contributed by atoms with Gasteiger partial charge in [-0.1, -0.05) is 30.4 Å². The molecular formula is C11H15NO2. The predicted molar refractivity (Wildman–Crippen MR) is 57.0 cm³/mol. The lowest BCUT2D eigenvalue weighted by Gasteiger charge is -2.03. The van der Waals surface area contributed by atoms with Gasteiger partial charge in [0.05, 0.1) is 13.7 Å². The van der Waals surface area contributed by atoms with Gasteiger partial charge in [-0.3, -0.25) is 4.84 Å². The van der Waals surface area contributed by atoms with Crippen molar-refractivity contribution in [3.63, 3.8) is 0 Å². The molecule has 0 aliphatic rings. The van der Waals surface area contributed by atoms with Crippen molar-refractivity contribution in [3.05, 3.63) is 35.9 Å². The summed E-state index contributed by atoms with van der Waals surface area (Å²) in [5, 5.41) is 0. The van der Waals surface area contributed by atoms with E-state index in [1.807, 2.05) is 36.4 Å². The molecule has 0 amide bonds. The van der Waals surface area contributed by atoms with Crippen molar-refractivity contribution in [2.75, 3.05) is 20.8 Å². The van der Waals surface area contributed by atoms with Gasteiger partial charge in [0.2, 0.25) is 0 Å². The van der Waals surface area contributed by atoms with E-state index in [1.54, 1.807) is 14.2 Å². The largest absolute Gasteiger partial charge is 0.496 e. The molecule has 0 bridgehead atoms. The number of benzene rings is 1. The summed E-state index contributed by atoms with van der Waals surface area (Å²) >= 11 is 0. The van der Waals surface area contributed by atoms with Crippen molar-refractivity contribution in [2.45, 2.75) is 0 Å². The van der Waals surface area contributed by atoms with Crippen LogP contribution in [0.25, 0.3) is 6.08 Å². The Morgan fingerprint density at radius 1 is 1.36 bits per heavy atom. The molecule has 0 radical (unpaired) electrons. The van der Waals surface area contributed by atoms with Crippen LogP contribution in [0.1, 0.15) is 5.56 Å². The van der Waals surface area contributed by atoms with Crippen LogP contribution in [0.15, 0.2) is 30.3 Å². The number of nitrogens with one attached hydrogen (secondary N) is 1. The fourth-order valence-corrected chi connectivity index (χ4v) is 1.11. The van der Waals surface area contributed by atoms with E-state index >= 15 is 0 Å². The highest BCUT2D eigenvalue weighted by Gasteiger charge is 1.95. The monoisotopic (exact) mass is 193 g/mol. The van der Waals surface area contributed by atoms with Crippen LogP contribution in [0.4, 0.5) is 0 Å². The third-order valence-corrected chi connectivity index (χ3v) is 1.76. The Balaban J connectivity index is 2.61. The zero-order valence-electron chi connectivity index (χ0n) is 8.49. The number of hydrogen-bond donors (Lipinski definition) is 1. The average Bonchev–Trinajstić information content (AvgIpc) is 2.25. The first-order valence-electron chi connectivity index (χ1n) is 4.46. The van der Waals surface area contributed by atoms with Gasteiger partial charge in [0.25, 0.3) is 0 Å². The lowest BCUT2D eigenvalue weighted by Crippen LogP contribution is -2.06. The number of hydroxylamine groups is 1. The highest BCUT2D eigenvalue weighted by Crippen LogP contribution is 2.18. The molecule has 1 rings (SSSR count). The summed E-state index contributed by atoms with van der Waals surface area (Å²) in [4.78, 5) is 4.95. The quantitative estimate of drug-likeness (QED) is 0.572. The minimum atomic E-state index is 0.536. The topological polar surface area (TPSA) is 30.5 Å². The molecular weight excluding hydrogens is 178 g/mol. The number of methoxy groups -OCH3 is 1. The molecule has 76 valence electrons. The second kappa shape index (κ2) is 6.18. The van der Waals surface area contributed by atoms with Gasteiger partial charge in [0.1, 0.15) is 5.75 Å². The van der Waals surface area contributed by atoms with E-state index in [1.165, 1.54) is 0 Å². The molecule has 0 aliphatic carbocycles. The average molecular weight is 193 g/mol. The summed E-state index contributed by atoms with van der Waals surface area (Å²) in [6.45, 7) is 0.536. The van der Waals surface area contributed by atoms with Crippen LogP contribution in [0.3, 0.4) is 0 Å². The lowest BCUT2D eigenvalue weighted by molar-refractivity contribution is 0.0814. The molecule has 0 aromatic heterocycles. The summed E-state index contributed by atoms with van der Waals surface area (Å²) in [7, 11) is 3.40. The molecule has 0 aliphatic heterocycles. The minimum Gasteiger partial charge on any atom is -0.496 e. The van der Waals surface area contributed by atoms with Crippen LogP contribution in [0.2, 0.25) is 0 Å². The third kappa shape index (κ3) is 3.20. The summed E-state index contributed by atoms with van der Waals surface area (Å²) in [5.74, 6) is 0.869. The van der Waals surface area contributed by atoms with Gasteiger partial charge >= 0.3 is 0 Å². The maximum Gasteiger partial charge on any atom is 0.126 e. The van der Waals surface area contributed by atoms with Gasteiger partial charge in [0, 0.05) is 12.6 Å². The fourth-order valence-electron chi connectivity index (χ4n) is 1.11. The Hall–Kier alpha value is -1.32. The van der Waals surface area contributed by atoms with E-state index in [2.05, 4.69) is 5.48 Å². The molecule has 1 aromatic carbocycles. The minimum absolute atomic E-state index is 0.536. The van der Waals surface area contributed by atoms with Crippen molar-refractivity contribution < 1.29 is 9.57 Å². The van der Waals surface area contributed by atoms with Gasteiger partial charge in [-0.2, -0.15) is 0 Å². The number of ether oxygens (including phenoxy) is 1. The second-order valence-electron chi connectivity index (χ2n) is 2.66. The first kappa shape index (κ1) is 10.8. The molecule has 1 aromatic rings. The molecule has 0 spiro atoms. The van der Waals surface area contributed by atoms with Crippen molar-refractivity contribution >= 4 is 6.08 Å². The van der Waals surface area contributed by atoms with E-state index in [-0.39, 0.29) is 0 Å². The van der Waals surface area contributed by atoms with Gasteiger partial charge in [-0.05, 0) is 6.07 Å². The summed E-state index contributed by atoms with van der Waals surface area (Å²) < 4.78 is 5.19. The normalized spacial score (nSPS) is 10.7. The summed E-state index contributed by atoms with van der Waals surface area (Å²) in [5.41, 5.74) is 3.65. The molecule has 0 unspecified atom stereocenters. The lowest BCUT2D eigenvalue weighted by atomic mass is 10.2. The fraction of sp³-hybridized carbons (Fsp3) is 0.273. The van der Waals surface area contributed by atoms with Crippen LogP contribution in [-0.2, 0) is 4.84 Å². The zero-order valence-corrected chi connectivity index (χ0v) is 8.49. The van der Waals surface area contributed by atoms with Crippen LogP contribution in [-0.4, -0.2) is 20.8 Å². The SMILES string of the molecule is CNOC/C=C/c1ccccc1OC.